The number of nitrogens with one attached hydrogen (secondary N) is 4. The highest BCUT2D eigenvalue weighted by Crippen LogP contribution is 2.22. The van der Waals surface area contributed by atoms with Crippen LogP contribution in [0.15, 0.2) is 71.9 Å². The van der Waals surface area contributed by atoms with Gasteiger partial charge in [0.2, 0.25) is 11.8 Å². The molecule has 0 fully saturated rings. The maximum Gasteiger partial charge on any atom is 0.407 e. The first-order valence-corrected chi connectivity index (χ1v) is 20.0. The molecule has 0 bridgehead atoms. The molecule has 0 saturated heterocycles. The zero-order valence-corrected chi connectivity index (χ0v) is 38.1. The Morgan fingerprint density at radius 3 is 1.73 bits per heavy atom. The van der Waals surface area contributed by atoms with Gasteiger partial charge < -0.3 is 40.2 Å². The molecule has 15 heteroatoms. The monoisotopic (exact) mass is 857 g/mol. The highest BCUT2D eigenvalue weighted by Gasteiger charge is 2.18. The van der Waals surface area contributed by atoms with E-state index in [0.29, 0.717) is 36.8 Å². The van der Waals surface area contributed by atoms with Crippen LogP contribution in [0.2, 0.25) is 0 Å². The van der Waals surface area contributed by atoms with Gasteiger partial charge >= 0.3 is 12.2 Å². The zero-order valence-electron chi connectivity index (χ0n) is 38.1. The van der Waals surface area contributed by atoms with Crippen molar-refractivity contribution in [1.82, 2.24) is 40.3 Å². The fraction of sp³-hybridized carbons (Fsp3) is 0.404. The smallest absolute Gasteiger partial charge is 0.407 e. The van der Waals surface area contributed by atoms with Gasteiger partial charge in [0.15, 0.2) is 0 Å². The van der Waals surface area contributed by atoms with Crippen LogP contribution in [-0.4, -0.2) is 95.3 Å². The largest absolute Gasteiger partial charge is 0.453 e. The van der Waals surface area contributed by atoms with Crippen molar-refractivity contribution in [2.45, 2.75) is 80.7 Å². The number of carbonyl (C=O) groups is 4. The van der Waals surface area contributed by atoms with Crippen molar-refractivity contribution in [3.8, 4) is 55.5 Å². The predicted octanol–water partition coefficient (Wildman–Crippen LogP) is 6.96. The molecular weight excluding hydrogens is 789 g/mol. The van der Waals surface area contributed by atoms with Crippen LogP contribution >= 0.6 is 0 Å². The minimum Gasteiger partial charge on any atom is -0.453 e. The molecule has 0 unspecified atom stereocenters. The van der Waals surface area contributed by atoms with E-state index in [-0.39, 0.29) is 43.6 Å². The van der Waals surface area contributed by atoms with E-state index in [4.69, 9.17) is 0 Å². The van der Waals surface area contributed by atoms with E-state index in [2.05, 4.69) is 108 Å². The summed E-state index contributed by atoms with van der Waals surface area (Å²) in [6, 6.07) is 11.0. The number of alkyl carbamates (subject to hydrolysis) is 2. The summed E-state index contributed by atoms with van der Waals surface area (Å²) in [4.78, 5) is 71.9. The number of aromatic amines is 1. The lowest BCUT2D eigenvalue weighted by atomic mass is 10.0. The lowest BCUT2D eigenvalue weighted by molar-refractivity contribution is -0.131. The number of allylic oxidation sites excluding steroid dienone is 1. The fourth-order valence-electron chi connectivity index (χ4n) is 4.99. The Bertz CT molecular complexity index is 1890. The van der Waals surface area contributed by atoms with E-state index in [1.54, 1.807) is 16.0 Å². The molecule has 1 aromatic carbocycles. The molecule has 2 heterocycles. The van der Waals surface area contributed by atoms with E-state index in [9.17, 15) is 24.0 Å². The Kier molecular flexibility index (Phi) is 35.2. The first-order valence-electron chi connectivity index (χ1n) is 20.0. The third-order valence-corrected chi connectivity index (χ3v) is 7.48. The van der Waals surface area contributed by atoms with Gasteiger partial charge in [-0.25, -0.2) is 14.6 Å². The molecule has 4 N–H and O–H groups in total. The average molecular weight is 857 g/mol. The number of hydrogen-bond acceptors (Lipinski definition) is 9. The highest BCUT2D eigenvalue weighted by atomic mass is 16.5. The molecule has 15 nitrogen and oxygen atoms in total. The Morgan fingerprint density at radius 1 is 0.790 bits per heavy atom. The van der Waals surface area contributed by atoms with Crippen LogP contribution in [-0.2, 0) is 25.6 Å². The normalized spacial score (nSPS) is 9.50. The number of imidazole rings is 1. The van der Waals surface area contributed by atoms with Crippen molar-refractivity contribution in [2.75, 3.05) is 46.9 Å². The Morgan fingerprint density at radius 2 is 1.27 bits per heavy atom. The van der Waals surface area contributed by atoms with Gasteiger partial charge in [-0.3, -0.25) is 19.0 Å². The van der Waals surface area contributed by atoms with E-state index in [0.717, 1.165) is 28.8 Å². The van der Waals surface area contributed by atoms with Gasteiger partial charge in [-0.2, -0.15) is 0 Å². The highest BCUT2D eigenvalue weighted by molar-refractivity contribution is 5.83. The minimum atomic E-state index is -0.690. The predicted molar refractivity (Wildman–Crippen MR) is 251 cm³/mol. The standard InChI is InChI=1S/C35H46N8O7.2C3H8.3C2H2/c1-7-15-41(32(45)20-37-34(47)49-5)22-24(4)39-28(9-3)26-12-10-25(11-13-26)27-14-17-43(31(44)18-27)30-19-36-29(40-30)23-42(16-8-2)33(46)21-38-35(48)50-6;2*1-3-2;3*1-2/h9-14,17-19,39H,4,7-8,15-16,20-23H2,1-3,5-6H3,(H,36,40)(H,37,47)(H,38,48);2*3H2,1-2H3;3*1-2H/b28-9-;;;;;. The summed E-state index contributed by atoms with van der Waals surface area (Å²) in [5.74, 6) is 0.398. The quantitative estimate of drug-likeness (QED) is 0.104. The molecule has 338 valence electrons. The first kappa shape index (κ1) is 59.1. The molecule has 62 heavy (non-hydrogen) atoms. The van der Waals surface area contributed by atoms with Crippen LogP contribution in [0, 0.1) is 38.5 Å². The number of terminal acetylenes is 3. The van der Waals surface area contributed by atoms with E-state index < -0.39 is 12.2 Å². The lowest BCUT2D eigenvalue weighted by Gasteiger charge is -2.24. The number of hydrogen-bond donors (Lipinski definition) is 4. The molecule has 2 aromatic heterocycles. The van der Waals surface area contributed by atoms with E-state index in [1.807, 2.05) is 57.2 Å². The molecule has 0 spiro atoms. The van der Waals surface area contributed by atoms with Crippen LogP contribution < -0.4 is 21.5 Å². The number of pyridine rings is 1. The lowest BCUT2D eigenvalue weighted by Crippen LogP contribution is -2.42. The number of carbonyl (C=O) groups excluding carboxylic acids is 4. The van der Waals surface area contributed by atoms with E-state index >= 15 is 0 Å². The Hall–Kier alpha value is -7.18. The summed E-state index contributed by atoms with van der Waals surface area (Å²) in [6.07, 6.45) is 31.7. The van der Waals surface area contributed by atoms with Crippen LogP contribution in [0.4, 0.5) is 9.59 Å². The van der Waals surface area contributed by atoms with Gasteiger partial charge in [0, 0.05) is 36.7 Å². The summed E-state index contributed by atoms with van der Waals surface area (Å²) in [7, 11) is 2.46. The number of ether oxygens (including phenoxy) is 2. The summed E-state index contributed by atoms with van der Waals surface area (Å²) in [5, 5.41) is 8.10. The molecule has 0 saturated carbocycles. The van der Waals surface area contributed by atoms with Crippen molar-refractivity contribution < 1.29 is 28.7 Å². The number of benzene rings is 1. The number of aromatic nitrogens is 3. The number of H-pyrrole nitrogens is 1. The van der Waals surface area contributed by atoms with Crippen molar-refractivity contribution in [3.63, 3.8) is 0 Å². The van der Waals surface area contributed by atoms with Gasteiger partial charge in [0.05, 0.1) is 33.5 Å². The molecule has 3 aromatic rings. The summed E-state index contributed by atoms with van der Waals surface area (Å²) in [5.41, 5.74) is 3.57. The second-order valence-corrected chi connectivity index (χ2v) is 12.6. The summed E-state index contributed by atoms with van der Waals surface area (Å²) in [6.45, 7) is 19.4. The number of methoxy groups -OCH3 is 2. The molecule has 0 radical (unpaired) electrons. The van der Waals surface area contributed by atoms with E-state index in [1.165, 1.54) is 43.9 Å². The SMILES string of the molecule is C#C.C#C.C#C.C=C(CN(CCC)C(=O)CNC(=O)OC)N/C(=C\C)c1ccc(-c2ccn(-c3cnc(CN(CCC)C(=O)CNC(=O)OC)[nH]3)c(=O)c2)cc1.CCC.CCC. The number of nitrogens with zero attached hydrogens (tertiary/aromatic N) is 4. The van der Waals surface area contributed by atoms with Crippen LogP contribution in [0.25, 0.3) is 22.6 Å². The Balaban J connectivity index is -0.00000263. The third kappa shape index (κ3) is 22.8. The second-order valence-electron chi connectivity index (χ2n) is 12.6. The van der Waals surface area contributed by atoms with Crippen molar-refractivity contribution in [2.24, 2.45) is 0 Å². The van der Waals surface area contributed by atoms with Crippen molar-refractivity contribution in [3.05, 3.63) is 88.9 Å². The van der Waals surface area contributed by atoms with Crippen LogP contribution in [0.3, 0.4) is 0 Å². The molecule has 0 atom stereocenters. The maximum absolute atomic E-state index is 13.2. The molecule has 0 aliphatic rings. The number of rotatable bonds is 17. The molecular formula is C47H68N8O7. The first-order chi connectivity index (χ1) is 29.9. The molecule has 3 rings (SSSR count). The van der Waals surface area contributed by atoms with Crippen molar-refractivity contribution in [1.29, 1.82) is 0 Å². The van der Waals surface area contributed by atoms with Gasteiger partial charge in [0.25, 0.3) is 5.56 Å². The molecule has 0 aliphatic carbocycles. The zero-order chi connectivity index (χ0) is 48.0. The average Bonchev–Trinajstić information content (AvgIpc) is 3.76. The van der Waals surface area contributed by atoms with Crippen LogP contribution in [0.5, 0.6) is 0 Å². The molecule has 0 aliphatic heterocycles. The minimum absolute atomic E-state index is 0.175. The summed E-state index contributed by atoms with van der Waals surface area (Å²) < 4.78 is 10.5. The van der Waals surface area contributed by atoms with Gasteiger partial charge in [-0.1, -0.05) is 91.3 Å². The maximum atomic E-state index is 13.2. The summed E-state index contributed by atoms with van der Waals surface area (Å²) >= 11 is 0. The second kappa shape index (κ2) is 36.9. The number of amides is 4. The Labute approximate surface area is 369 Å². The van der Waals surface area contributed by atoms with Crippen LogP contribution in [0.1, 0.15) is 85.5 Å². The van der Waals surface area contributed by atoms with Gasteiger partial charge in [0.1, 0.15) is 24.7 Å². The van der Waals surface area contributed by atoms with Crippen molar-refractivity contribution >= 4 is 29.7 Å². The van der Waals surface area contributed by atoms with Gasteiger partial charge in [-0.05, 0) is 42.5 Å². The third-order valence-electron chi connectivity index (χ3n) is 7.48. The molecule has 4 amide bonds. The topological polar surface area (TPSA) is 180 Å². The fourth-order valence-corrected chi connectivity index (χ4v) is 4.99. The van der Waals surface area contributed by atoms with Gasteiger partial charge in [-0.15, -0.1) is 38.5 Å².